The molecular formula is C17H12N4. The minimum absolute atomic E-state index is 0.836. The van der Waals surface area contributed by atoms with Crippen molar-refractivity contribution in [3.05, 3.63) is 73.2 Å². The van der Waals surface area contributed by atoms with Gasteiger partial charge in [0.2, 0.25) is 0 Å². The fourth-order valence-electron chi connectivity index (χ4n) is 2.39. The van der Waals surface area contributed by atoms with Crippen molar-refractivity contribution in [3.63, 3.8) is 0 Å². The molecule has 0 aliphatic rings. The van der Waals surface area contributed by atoms with Crippen LogP contribution in [0.3, 0.4) is 0 Å². The lowest BCUT2D eigenvalue weighted by molar-refractivity contribution is 0.951. The average molecular weight is 272 g/mol. The van der Waals surface area contributed by atoms with Crippen molar-refractivity contribution in [1.29, 1.82) is 0 Å². The van der Waals surface area contributed by atoms with Crippen LogP contribution in [-0.2, 0) is 0 Å². The van der Waals surface area contributed by atoms with Gasteiger partial charge < -0.3 is 0 Å². The molecule has 0 saturated carbocycles. The van der Waals surface area contributed by atoms with E-state index >= 15 is 0 Å². The summed E-state index contributed by atoms with van der Waals surface area (Å²) in [6, 6.07) is 18.1. The van der Waals surface area contributed by atoms with E-state index in [2.05, 4.69) is 27.2 Å². The maximum atomic E-state index is 4.69. The summed E-state index contributed by atoms with van der Waals surface area (Å²) in [4.78, 5) is 8.44. The third-order valence-corrected chi connectivity index (χ3v) is 3.40. The van der Waals surface area contributed by atoms with Crippen molar-refractivity contribution in [3.8, 4) is 22.5 Å². The Morgan fingerprint density at radius 2 is 1.57 bits per heavy atom. The number of rotatable bonds is 2. The van der Waals surface area contributed by atoms with Crippen LogP contribution in [0.4, 0.5) is 0 Å². The fourth-order valence-corrected chi connectivity index (χ4v) is 2.39. The van der Waals surface area contributed by atoms with Gasteiger partial charge in [-0.25, -0.2) is 9.50 Å². The summed E-state index contributed by atoms with van der Waals surface area (Å²) in [5, 5.41) is 4.69. The predicted molar refractivity (Wildman–Crippen MR) is 81.7 cm³/mol. The molecule has 0 N–H and O–H groups in total. The van der Waals surface area contributed by atoms with Crippen LogP contribution in [0, 0.1) is 0 Å². The molecule has 3 aromatic heterocycles. The van der Waals surface area contributed by atoms with E-state index in [1.165, 1.54) is 0 Å². The highest BCUT2D eigenvalue weighted by Crippen LogP contribution is 2.23. The van der Waals surface area contributed by atoms with Crippen molar-refractivity contribution in [2.75, 3.05) is 0 Å². The van der Waals surface area contributed by atoms with Crippen molar-refractivity contribution < 1.29 is 0 Å². The lowest BCUT2D eigenvalue weighted by atomic mass is 10.1. The van der Waals surface area contributed by atoms with Gasteiger partial charge >= 0.3 is 0 Å². The minimum atomic E-state index is 0.836. The molecule has 0 amide bonds. The van der Waals surface area contributed by atoms with E-state index < -0.39 is 0 Å². The molecule has 0 aliphatic heterocycles. The Kier molecular flexibility index (Phi) is 2.71. The SMILES string of the molecule is c1ccc(-c2ccnc3cc(-c4ccncc4)nn23)cc1. The lowest BCUT2D eigenvalue weighted by Crippen LogP contribution is -1.95. The molecule has 100 valence electrons. The first-order valence-electron chi connectivity index (χ1n) is 6.72. The van der Waals surface area contributed by atoms with Gasteiger partial charge in [-0.3, -0.25) is 4.98 Å². The van der Waals surface area contributed by atoms with Gasteiger partial charge in [0, 0.05) is 35.8 Å². The molecule has 21 heavy (non-hydrogen) atoms. The van der Waals surface area contributed by atoms with E-state index in [0.29, 0.717) is 0 Å². The predicted octanol–water partition coefficient (Wildman–Crippen LogP) is 3.46. The third kappa shape index (κ3) is 2.07. The summed E-state index contributed by atoms with van der Waals surface area (Å²) < 4.78 is 1.88. The Hall–Kier alpha value is -3.01. The van der Waals surface area contributed by atoms with Gasteiger partial charge in [0.15, 0.2) is 5.65 Å². The Labute approximate surface area is 121 Å². The van der Waals surface area contributed by atoms with E-state index in [4.69, 9.17) is 0 Å². The topological polar surface area (TPSA) is 43.1 Å². The zero-order chi connectivity index (χ0) is 14.1. The molecule has 4 aromatic rings. The van der Waals surface area contributed by atoms with Gasteiger partial charge in [0.05, 0.1) is 11.4 Å². The maximum Gasteiger partial charge on any atom is 0.156 e. The van der Waals surface area contributed by atoms with Crippen LogP contribution in [0.2, 0.25) is 0 Å². The molecule has 0 saturated heterocycles. The van der Waals surface area contributed by atoms with Gasteiger partial charge in [-0.1, -0.05) is 30.3 Å². The largest absolute Gasteiger partial charge is 0.265 e. The molecule has 3 heterocycles. The highest BCUT2D eigenvalue weighted by atomic mass is 15.3. The average Bonchev–Trinajstić information content (AvgIpc) is 3.00. The van der Waals surface area contributed by atoms with Crippen LogP contribution < -0.4 is 0 Å². The number of aromatic nitrogens is 4. The summed E-state index contributed by atoms with van der Waals surface area (Å²) in [5.41, 5.74) is 4.92. The molecule has 4 rings (SSSR count). The van der Waals surface area contributed by atoms with Gasteiger partial charge in [-0.15, -0.1) is 0 Å². The highest BCUT2D eigenvalue weighted by Gasteiger charge is 2.09. The van der Waals surface area contributed by atoms with Crippen LogP contribution >= 0.6 is 0 Å². The molecule has 0 unspecified atom stereocenters. The quantitative estimate of drug-likeness (QED) is 0.561. The third-order valence-electron chi connectivity index (χ3n) is 3.40. The first-order chi connectivity index (χ1) is 10.4. The molecule has 1 aromatic carbocycles. The molecule has 0 radical (unpaired) electrons. The number of fused-ring (bicyclic) bond motifs is 1. The molecular weight excluding hydrogens is 260 g/mol. The van der Waals surface area contributed by atoms with Crippen molar-refractivity contribution >= 4 is 5.65 Å². The smallest absolute Gasteiger partial charge is 0.156 e. The Bertz CT molecular complexity index is 882. The first-order valence-corrected chi connectivity index (χ1v) is 6.72. The zero-order valence-electron chi connectivity index (χ0n) is 11.2. The monoisotopic (exact) mass is 272 g/mol. The second kappa shape index (κ2) is 4.83. The minimum Gasteiger partial charge on any atom is -0.265 e. The molecule has 4 nitrogen and oxygen atoms in total. The molecule has 0 atom stereocenters. The molecule has 0 fully saturated rings. The number of pyridine rings is 1. The number of hydrogen-bond acceptors (Lipinski definition) is 3. The van der Waals surface area contributed by atoms with E-state index in [-0.39, 0.29) is 0 Å². The van der Waals surface area contributed by atoms with Crippen LogP contribution in [-0.4, -0.2) is 19.6 Å². The van der Waals surface area contributed by atoms with E-state index in [9.17, 15) is 0 Å². The van der Waals surface area contributed by atoms with Gasteiger partial charge in [-0.2, -0.15) is 5.10 Å². The summed E-state index contributed by atoms with van der Waals surface area (Å²) in [6.45, 7) is 0. The standard InChI is InChI=1S/C17H12N4/c1-2-4-14(5-3-1)16-8-11-19-17-12-15(20-21(16)17)13-6-9-18-10-7-13/h1-12H. The van der Waals surface area contributed by atoms with Gasteiger partial charge in [0.25, 0.3) is 0 Å². The van der Waals surface area contributed by atoms with Crippen LogP contribution in [0.25, 0.3) is 28.2 Å². The molecule has 0 aliphatic carbocycles. The molecule has 0 bridgehead atoms. The van der Waals surface area contributed by atoms with E-state index in [1.807, 2.05) is 53.2 Å². The van der Waals surface area contributed by atoms with Crippen molar-refractivity contribution in [2.45, 2.75) is 0 Å². The highest BCUT2D eigenvalue weighted by molar-refractivity contribution is 5.67. The Balaban J connectivity index is 1.93. The van der Waals surface area contributed by atoms with Gasteiger partial charge in [0.1, 0.15) is 0 Å². The lowest BCUT2D eigenvalue weighted by Gasteiger charge is -2.03. The van der Waals surface area contributed by atoms with Crippen molar-refractivity contribution in [2.24, 2.45) is 0 Å². The van der Waals surface area contributed by atoms with Gasteiger partial charge in [-0.05, 0) is 18.2 Å². The van der Waals surface area contributed by atoms with Crippen LogP contribution in [0.15, 0.2) is 73.2 Å². The van der Waals surface area contributed by atoms with Crippen molar-refractivity contribution in [1.82, 2.24) is 19.6 Å². The Morgan fingerprint density at radius 3 is 2.38 bits per heavy atom. The summed E-state index contributed by atoms with van der Waals surface area (Å²) in [6.07, 6.45) is 5.35. The number of hydrogen-bond donors (Lipinski definition) is 0. The fraction of sp³-hybridized carbons (Fsp3) is 0. The first kappa shape index (κ1) is 11.8. The maximum absolute atomic E-state index is 4.69. The van der Waals surface area contributed by atoms with Crippen LogP contribution in [0.5, 0.6) is 0 Å². The summed E-state index contributed by atoms with van der Waals surface area (Å²) in [5.74, 6) is 0. The Morgan fingerprint density at radius 1 is 0.762 bits per heavy atom. The normalized spacial score (nSPS) is 10.9. The molecule has 0 spiro atoms. The summed E-state index contributed by atoms with van der Waals surface area (Å²) >= 11 is 0. The van der Waals surface area contributed by atoms with E-state index in [0.717, 1.165) is 28.2 Å². The zero-order valence-corrected chi connectivity index (χ0v) is 11.2. The van der Waals surface area contributed by atoms with Crippen LogP contribution in [0.1, 0.15) is 0 Å². The second-order valence-corrected chi connectivity index (χ2v) is 4.73. The number of nitrogens with zero attached hydrogens (tertiary/aromatic N) is 4. The second-order valence-electron chi connectivity index (χ2n) is 4.73. The summed E-state index contributed by atoms with van der Waals surface area (Å²) in [7, 11) is 0. The number of benzene rings is 1. The molecule has 4 heteroatoms. The van der Waals surface area contributed by atoms with E-state index in [1.54, 1.807) is 12.4 Å².